The molecule has 1 aromatic rings. The Labute approximate surface area is 77.4 Å². The number of aromatic nitrogens is 2. The Kier molecular flexibility index (Phi) is 2.40. The number of hydrogen-bond donors (Lipinski definition) is 1. The van der Waals surface area contributed by atoms with Crippen LogP contribution in [-0.4, -0.2) is 30.2 Å². The smallest absolute Gasteiger partial charge is 0.231 e. The molecule has 1 saturated heterocycles. The third kappa shape index (κ3) is 1.78. The minimum absolute atomic E-state index is 0.526. The van der Waals surface area contributed by atoms with E-state index in [2.05, 4.69) is 15.3 Å². The summed E-state index contributed by atoms with van der Waals surface area (Å²) in [6.07, 6.45) is 4.63. The molecule has 1 fully saturated rings. The van der Waals surface area contributed by atoms with Crippen molar-refractivity contribution in [3.8, 4) is 5.88 Å². The van der Waals surface area contributed by atoms with Gasteiger partial charge in [-0.1, -0.05) is 0 Å². The molecule has 0 saturated carbocycles. The minimum Gasteiger partial charge on any atom is -0.480 e. The summed E-state index contributed by atoms with van der Waals surface area (Å²) in [6.45, 7) is 2.10. The molecular weight excluding hydrogens is 166 g/mol. The summed E-state index contributed by atoms with van der Waals surface area (Å²) >= 11 is 0. The summed E-state index contributed by atoms with van der Waals surface area (Å²) in [6, 6.07) is 0. The van der Waals surface area contributed by atoms with Crippen LogP contribution in [0.2, 0.25) is 0 Å². The minimum atomic E-state index is 0.526. The van der Waals surface area contributed by atoms with Crippen LogP contribution >= 0.6 is 0 Å². The van der Waals surface area contributed by atoms with Crippen LogP contribution in [0.1, 0.15) is 18.0 Å². The molecule has 0 aromatic carbocycles. The van der Waals surface area contributed by atoms with Gasteiger partial charge in [0.05, 0.1) is 25.2 Å². The maximum Gasteiger partial charge on any atom is 0.231 e. The molecule has 1 atom stereocenters. The third-order valence-corrected chi connectivity index (χ3v) is 2.34. The molecule has 1 aliphatic rings. The van der Waals surface area contributed by atoms with Gasteiger partial charge in [0.2, 0.25) is 5.88 Å². The predicted molar refractivity (Wildman–Crippen MR) is 48.8 cm³/mol. The maximum atomic E-state index is 4.94. The van der Waals surface area contributed by atoms with E-state index >= 15 is 0 Å². The molecule has 0 aliphatic carbocycles. The molecule has 1 N–H and O–H groups in total. The Morgan fingerprint density at radius 3 is 2.92 bits per heavy atom. The van der Waals surface area contributed by atoms with E-state index in [0.717, 1.165) is 25.2 Å². The molecule has 1 aliphatic heterocycles. The molecule has 13 heavy (non-hydrogen) atoms. The van der Waals surface area contributed by atoms with Crippen molar-refractivity contribution in [2.75, 3.05) is 20.2 Å². The van der Waals surface area contributed by atoms with Gasteiger partial charge >= 0.3 is 0 Å². The van der Waals surface area contributed by atoms with E-state index in [-0.39, 0.29) is 0 Å². The summed E-state index contributed by atoms with van der Waals surface area (Å²) in [5.74, 6) is 1.10. The Balaban J connectivity index is 2.12. The lowest BCUT2D eigenvalue weighted by atomic mass is 10.1. The second kappa shape index (κ2) is 3.70. The first kappa shape index (κ1) is 8.44. The molecule has 0 bridgehead atoms. The molecule has 2 rings (SSSR count). The number of ether oxygens (including phenoxy) is 1. The van der Waals surface area contributed by atoms with E-state index < -0.39 is 0 Å². The van der Waals surface area contributed by atoms with Crippen LogP contribution in [-0.2, 0) is 0 Å². The molecule has 4 heteroatoms. The Bertz CT molecular complexity index is 267. The average Bonchev–Trinajstić information content (AvgIpc) is 2.71. The van der Waals surface area contributed by atoms with E-state index in [9.17, 15) is 0 Å². The van der Waals surface area contributed by atoms with Crippen molar-refractivity contribution in [1.29, 1.82) is 0 Å². The Morgan fingerprint density at radius 2 is 2.38 bits per heavy atom. The van der Waals surface area contributed by atoms with Gasteiger partial charge in [-0.05, 0) is 13.0 Å². The van der Waals surface area contributed by atoms with Crippen LogP contribution in [0.4, 0.5) is 0 Å². The lowest BCUT2D eigenvalue weighted by molar-refractivity contribution is 0.394. The van der Waals surface area contributed by atoms with E-state index in [0.29, 0.717) is 11.8 Å². The van der Waals surface area contributed by atoms with Crippen molar-refractivity contribution in [3.63, 3.8) is 0 Å². The van der Waals surface area contributed by atoms with Crippen molar-refractivity contribution in [1.82, 2.24) is 15.3 Å². The number of hydrogen-bond acceptors (Lipinski definition) is 4. The summed E-state index contributed by atoms with van der Waals surface area (Å²) < 4.78 is 4.94. The second-order valence-electron chi connectivity index (χ2n) is 3.17. The van der Waals surface area contributed by atoms with Gasteiger partial charge in [-0.3, -0.25) is 4.98 Å². The molecule has 0 spiro atoms. The highest BCUT2D eigenvalue weighted by Crippen LogP contribution is 2.19. The van der Waals surface area contributed by atoms with Crippen molar-refractivity contribution in [2.24, 2.45) is 0 Å². The second-order valence-corrected chi connectivity index (χ2v) is 3.17. The summed E-state index contributed by atoms with van der Waals surface area (Å²) in [7, 11) is 1.60. The first-order chi connectivity index (χ1) is 6.40. The fraction of sp³-hybridized carbons (Fsp3) is 0.556. The highest BCUT2D eigenvalue weighted by atomic mass is 16.5. The Morgan fingerprint density at radius 1 is 1.46 bits per heavy atom. The SMILES string of the molecule is COc1cnc(C2CCNC2)cn1. The van der Waals surface area contributed by atoms with E-state index in [1.165, 1.54) is 0 Å². The van der Waals surface area contributed by atoms with Crippen molar-refractivity contribution < 1.29 is 4.74 Å². The monoisotopic (exact) mass is 179 g/mol. The first-order valence-corrected chi connectivity index (χ1v) is 4.47. The fourth-order valence-electron chi connectivity index (χ4n) is 1.55. The zero-order valence-electron chi connectivity index (χ0n) is 7.66. The van der Waals surface area contributed by atoms with Crippen LogP contribution in [0.3, 0.4) is 0 Å². The summed E-state index contributed by atoms with van der Waals surface area (Å²) in [5, 5.41) is 3.30. The van der Waals surface area contributed by atoms with E-state index in [1.807, 2.05) is 0 Å². The molecule has 4 nitrogen and oxygen atoms in total. The molecule has 0 amide bonds. The molecular formula is C9H13N3O. The van der Waals surface area contributed by atoms with Crippen molar-refractivity contribution in [3.05, 3.63) is 18.1 Å². The Hall–Kier alpha value is -1.16. The van der Waals surface area contributed by atoms with Crippen molar-refractivity contribution in [2.45, 2.75) is 12.3 Å². The van der Waals surface area contributed by atoms with E-state index in [1.54, 1.807) is 19.5 Å². The third-order valence-electron chi connectivity index (χ3n) is 2.34. The van der Waals surface area contributed by atoms with Gasteiger partial charge in [0, 0.05) is 12.5 Å². The number of nitrogens with one attached hydrogen (secondary N) is 1. The van der Waals surface area contributed by atoms with Crippen molar-refractivity contribution >= 4 is 0 Å². The standard InChI is InChI=1S/C9H13N3O/c1-13-9-6-11-8(5-12-9)7-2-3-10-4-7/h5-7,10H,2-4H2,1H3. The quantitative estimate of drug-likeness (QED) is 0.720. The number of methoxy groups -OCH3 is 1. The van der Waals surface area contributed by atoms with Crippen LogP contribution in [0.25, 0.3) is 0 Å². The van der Waals surface area contributed by atoms with Crippen LogP contribution in [0.5, 0.6) is 5.88 Å². The molecule has 70 valence electrons. The number of rotatable bonds is 2. The lowest BCUT2D eigenvalue weighted by Gasteiger charge is -2.06. The van der Waals surface area contributed by atoms with Crippen LogP contribution in [0.15, 0.2) is 12.4 Å². The average molecular weight is 179 g/mol. The summed E-state index contributed by atoms with van der Waals surface area (Å²) in [5.41, 5.74) is 1.06. The predicted octanol–water partition coefficient (Wildman–Crippen LogP) is 0.562. The normalized spacial score (nSPS) is 21.8. The highest BCUT2D eigenvalue weighted by molar-refractivity contribution is 5.12. The molecule has 0 radical (unpaired) electrons. The van der Waals surface area contributed by atoms with Crippen LogP contribution < -0.4 is 10.1 Å². The number of nitrogens with zero attached hydrogens (tertiary/aromatic N) is 2. The molecule has 1 aromatic heterocycles. The highest BCUT2D eigenvalue weighted by Gasteiger charge is 2.17. The van der Waals surface area contributed by atoms with Gasteiger partial charge in [0.1, 0.15) is 0 Å². The van der Waals surface area contributed by atoms with Gasteiger partial charge in [-0.15, -0.1) is 0 Å². The largest absolute Gasteiger partial charge is 0.480 e. The fourth-order valence-corrected chi connectivity index (χ4v) is 1.55. The molecule has 2 heterocycles. The van der Waals surface area contributed by atoms with Gasteiger partial charge in [0.15, 0.2) is 0 Å². The van der Waals surface area contributed by atoms with Gasteiger partial charge < -0.3 is 10.1 Å². The van der Waals surface area contributed by atoms with Crippen LogP contribution in [0, 0.1) is 0 Å². The van der Waals surface area contributed by atoms with E-state index in [4.69, 9.17) is 4.74 Å². The topological polar surface area (TPSA) is 47.0 Å². The summed E-state index contributed by atoms with van der Waals surface area (Å²) in [4.78, 5) is 8.43. The maximum absolute atomic E-state index is 4.94. The van der Waals surface area contributed by atoms with Gasteiger partial charge in [-0.25, -0.2) is 4.98 Å². The first-order valence-electron chi connectivity index (χ1n) is 4.47. The molecule has 1 unspecified atom stereocenters. The van der Waals surface area contributed by atoms with Gasteiger partial charge in [-0.2, -0.15) is 0 Å². The zero-order chi connectivity index (χ0) is 9.10. The lowest BCUT2D eigenvalue weighted by Crippen LogP contribution is -2.09. The zero-order valence-corrected chi connectivity index (χ0v) is 7.66. The van der Waals surface area contributed by atoms with Gasteiger partial charge in [0.25, 0.3) is 0 Å².